The normalized spacial score (nSPS) is 11.5. The summed E-state index contributed by atoms with van der Waals surface area (Å²) < 4.78 is 5.06. The van der Waals surface area contributed by atoms with Crippen LogP contribution in [0.2, 0.25) is 0 Å². The van der Waals surface area contributed by atoms with Gasteiger partial charge in [-0.05, 0) is 29.5 Å². The fraction of sp³-hybridized carbons (Fsp3) is 0.316. The van der Waals surface area contributed by atoms with Crippen LogP contribution in [-0.4, -0.2) is 30.6 Å². The molecule has 0 aliphatic heterocycles. The number of hydrogen-bond acceptors (Lipinski definition) is 5. The van der Waals surface area contributed by atoms with Crippen LogP contribution in [0.4, 0.5) is 10.5 Å². The van der Waals surface area contributed by atoms with Gasteiger partial charge in [-0.25, -0.2) is 9.59 Å². The van der Waals surface area contributed by atoms with Gasteiger partial charge in [0.2, 0.25) is 0 Å². The minimum absolute atomic E-state index is 0.201. The number of esters is 1. The summed E-state index contributed by atoms with van der Waals surface area (Å²) in [5.74, 6) is -1.25. The molecule has 1 atom stereocenters. The van der Waals surface area contributed by atoms with Crippen molar-refractivity contribution in [2.45, 2.75) is 26.4 Å². The fourth-order valence-electron chi connectivity index (χ4n) is 2.20. The summed E-state index contributed by atoms with van der Waals surface area (Å²) in [6.07, 6.45) is 0. The second-order valence-electron chi connectivity index (χ2n) is 6.15. The van der Waals surface area contributed by atoms with Crippen molar-refractivity contribution in [2.24, 2.45) is 5.92 Å². The van der Waals surface area contributed by atoms with Crippen LogP contribution in [0.25, 0.3) is 0 Å². The molecular formula is C19H23N3O4S. The van der Waals surface area contributed by atoms with E-state index in [4.69, 9.17) is 4.74 Å². The van der Waals surface area contributed by atoms with Crippen LogP contribution in [0.1, 0.15) is 18.7 Å². The number of nitrogens with one attached hydrogen (secondary N) is 3. The zero-order valence-corrected chi connectivity index (χ0v) is 16.0. The number of benzene rings is 1. The lowest BCUT2D eigenvalue weighted by Gasteiger charge is -2.21. The van der Waals surface area contributed by atoms with E-state index in [1.165, 1.54) is 11.3 Å². The van der Waals surface area contributed by atoms with Gasteiger partial charge in [0.15, 0.2) is 6.61 Å². The highest BCUT2D eigenvalue weighted by atomic mass is 32.1. The topological polar surface area (TPSA) is 96.5 Å². The lowest BCUT2D eigenvalue weighted by Crippen LogP contribution is -2.47. The molecule has 8 heteroatoms. The Labute approximate surface area is 162 Å². The number of amides is 3. The average Bonchev–Trinajstić information content (AvgIpc) is 3.16. The van der Waals surface area contributed by atoms with E-state index in [2.05, 4.69) is 16.0 Å². The van der Waals surface area contributed by atoms with Gasteiger partial charge < -0.3 is 20.7 Å². The van der Waals surface area contributed by atoms with E-state index in [-0.39, 0.29) is 5.92 Å². The molecule has 0 unspecified atom stereocenters. The van der Waals surface area contributed by atoms with Crippen molar-refractivity contribution in [3.8, 4) is 0 Å². The lowest BCUT2D eigenvalue weighted by molar-refractivity contribution is -0.151. The Morgan fingerprint density at radius 2 is 1.81 bits per heavy atom. The Hall–Kier alpha value is -2.87. The smallest absolute Gasteiger partial charge is 0.329 e. The van der Waals surface area contributed by atoms with Crippen molar-refractivity contribution in [3.05, 3.63) is 52.7 Å². The Bertz CT molecular complexity index is 748. The first kappa shape index (κ1) is 20.4. The van der Waals surface area contributed by atoms with Crippen molar-refractivity contribution in [3.63, 3.8) is 0 Å². The number of urea groups is 1. The van der Waals surface area contributed by atoms with Crippen LogP contribution >= 0.6 is 11.3 Å². The highest BCUT2D eigenvalue weighted by Crippen LogP contribution is 2.08. The molecule has 1 aromatic carbocycles. The molecule has 2 aromatic rings. The van der Waals surface area contributed by atoms with Gasteiger partial charge in [0.25, 0.3) is 5.91 Å². The van der Waals surface area contributed by atoms with Crippen LogP contribution in [0, 0.1) is 5.92 Å². The predicted molar refractivity (Wildman–Crippen MR) is 104 cm³/mol. The van der Waals surface area contributed by atoms with Crippen LogP contribution in [0.15, 0.2) is 47.8 Å². The Morgan fingerprint density at radius 3 is 2.44 bits per heavy atom. The standard InChI is InChI=1S/C19H23N3O4S/c1-13(2)17(22-19(25)21-14-7-4-3-5-8-14)18(24)26-12-16(23)20-11-15-9-6-10-27-15/h3-10,13,17H,11-12H2,1-2H3,(H,20,23)(H2,21,22,25)/t17-/m1/s1. The molecule has 3 N–H and O–H groups in total. The molecule has 27 heavy (non-hydrogen) atoms. The average molecular weight is 389 g/mol. The number of thiophene rings is 1. The molecule has 1 aromatic heterocycles. The van der Waals surface area contributed by atoms with Crippen LogP contribution < -0.4 is 16.0 Å². The third-order valence-corrected chi connectivity index (χ3v) is 4.50. The summed E-state index contributed by atoms with van der Waals surface area (Å²) in [5.41, 5.74) is 0.610. The summed E-state index contributed by atoms with van der Waals surface area (Å²) in [4.78, 5) is 37.2. The van der Waals surface area contributed by atoms with Gasteiger partial charge in [-0.2, -0.15) is 0 Å². The number of hydrogen-bond donors (Lipinski definition) is 3. The summed E-state index contributed by atoms with van der Waals surface area (Å²) >= 11 is 1.53. The maximum absolute atomic E-state index is 12.3. The zero-order chi connectivity index (χ0) is 19.6. The van der Waals surface area contributed by atoms with E-state index in [9.17, 15) is 14.4 Å². The highest BCUT2D eigenvalue weighted by molar-refractivity contribution is 7.09. The summed E-state index contributed by atoms with van der Waals surface area (Å²) in [7, 11) is 0. The fourth-order valence-corrected chi connectivity index (χ4v) is 2.85. The third-order valence-electron chi connectivity index (χ3n) is 3.62. The van der Waals surface area contributed by atoms with Gasteiger partial charge >= 0.3 is 12.0 Å². The molecule has 0 bridgehead atoms. The Balaban J connectivity index is 1.79. The van der Waals surface area contributed by atoms with Crippen LogP contribution in [-0.2, 0) is 20.9 Å². The summed E-state index contributed by atoms with van der Waals surface area (Å²) in [6, 6.07) is 11.3. The summed E-state index contributed by atoms with van der Waals surface area (Å²) in [6.45, 7) is 3.56. The number of para-hydroxylation sites is 1. The van der Waals surface area contributed by atoms with E-state index in [0.29, 0.717) is 12.2 Å². The third kappa shape index (κ3) is 7.10. The van der Waals surface area contributed by atoms with Crippen molar-refractivity contribution in [1.29, 1.82) is 0 Å². The molecular weight excluding hydrogens is 366 g/mol. The minimum atomic E-state index is -0.862. The first-order chi connectivity index (χ1) is 13.0. The molecule has 0 spiro atoms. The number of rotatable bonds is 8. The number of anilines is 1. The quantitative estimate of drug-likeness (QED) is 0.605. The van der Waals surface area contributed by atoms with E-state index < -0.39 is 30.6 Å². The van der Waals surface area contributed by atoms with Crippen molar-refractivity contribution < 1.29 is 19.1 Å². The first-order valence-corrected chi connectivity index (χ1v) is 9.42. The molecule has 1 heterocycles. The number of carbonyl (C=O) groups excluding carboxylic acids is 3. The van der Waals surface area contributed by atoms with E-state index in [0.717, 1.165) is 4.88 Å². The van der Waals surface area contributed by atoms with Gasteiger partial charge in [0.1, 0.15) is 6.04 Å². The SMILES string of the molecule is CC(C)[C@@H](NC(=O)Nc1ccccc1)C(=O)OCC(=O)NCc1cccs1. The number of ether oxygens (including phenoxy) is 1. The van der Waals surface area contributed by atoms with Gasteiger partial charge in [0.05, 0.1) is 6.54 Å². The monoisotopic (exact) mass is 389 g/mol. The molecule has 2 rings (SSSR count). The second-order valence-corrected chi connectivity index (χ2v) is 7.18. The van der Waals surface area contributed by atoms with Gasteiger partial charge in [-0.1, -0.05) is 38.1 Å². The van der Waals surface area contributed by atoms with Gasteiger partial charge in [-0.3, -0.25) is 4.79 Å². The second kappa shape index (κ2) is 10.3. The molecule has 0 radical (unpaired) electrons. The summed E-state index contributed by atoms with van der Waals surface area (Å²) in [5, 5.41) is 9.83. The molecule has 0 aliphatic rings. The Kier molecular flexibility index (Phi) is 7.81. The van der Waals surface area contributed by atoms with Crippen molar-refractivity contribution >= 4 is 34.9 Å². The van der Waals surface area contributed by atoms with E-state index in [1.807, 2.05) is 23.6 Å². The molecule has 0 saturated carbocycles. The molecule has 0 fully saturated rings. The van der Waals surface area contributed by atoms with Gasteiger partial charge in [-0.15, -0.1) is 11.3 Å². The molecule has 0 saturated heterocycles. The lowest BCUT2D eigenvalue weighted by atomic mass is 10.1. The minimum Gasteiger partial charge on any atom is -0.454 e. The maximum atomic E-state index is 12.3. The molecule has 144 valence electrons. The van der Waals surface area contributed by atoms with Crippen molar-refractivity contribution in [2.75, 3.05) is 11.9 Å². The predicted octanol–water partition coefficient (Wildman–Crippen LogP) is 2.75. The number of carbonyl (C=O) groups is 3. The molecule has 3 amide bonds. The van der Waals surface area contributed by atoms with Crippen LogP contribution in [0.3, 0.4) is 0 Å². The maximum Gasteiger partial charge on any atom is 0.329 e. The molecule has 7 nitrogen and oxygen atoms in total. The molecule has 0 aliphatic carbocycles. The highest BCUT2D eigenvalue weighted by Gasteiger charge is 2.26. The van der Waals surface area contributed by atoms with E-state index >= 15 is 0 Å². The first-order valence-electron chi connectivity index (χ1n) is 8.54. The largest absolute Gasteiger partial charge is 0.454 e. The zero-order valence-electron chi connectivity index (χ0n) is 15.2. The van der Waals surface area contributed by atoms with E-state index in [1.54, 1.807) is 38.1 Å². The van der Waals surface area contributed by atoms with Gasteiger partial charge in [0, 0.05) is 10.6 Å². The van der Waals surface area contributed by atoms with Crippen molar-refractivity contribution in [1.82, 2.24) is 10.6 Å². The Morgan fingerprint density at radius 1 is 1.07 bits per heavy atom. The van der Waals surface area contributed by atoms with Crippen LogP contribution in [0.5, 0.6) is 0 Å².